The summed E-state index contributed by atoms with van der Waals surface area (Å²) in [5, 5.41) is 5.49. The number of hydrogen-bond acceptors (Lipinski definition) is 6. The van der Waals surface area contributed by atoms with Gasteiger partial charge in [-0.05, 0) is 60.2 Å². The number of carbonyl (C=O) groups excluding carboxylic acids is 3. The summed E-state index contributed by atoms with van der Waals surface area (Å²) in [6, 6.07) is 17.9. The van der Waals surface area contributed by atoms with Gasteiger partial charge in [-0.25, -0.2) is 13.2 Å². The number of fused-ring (bicyclic) bond motifs is 1. The number of ether oxygens (including phenoxy) is 1. The smallest absolute Gasteiger partial charge is 0.338 e. The lowest BCUT2D eigenvalue weighted by molar-refractivity contribution is -0.129. The van der Waals surface area contributed by atoms with Gasteiger partial charge in [-0.2, -0.15) is 0 Å². The Morgan fingerprint density at radius 2 is 1.82 bits per heavy atom. The van der Waals surface area contributed by atoms with Gasteiger partial charge in [0.2, 0.25) is 11.8 Å². The second-order valence-electron chi connectivity index (χ2n) is 9.80. The number of hydrogen-bond donors (Lipinski definition) is 2. The van der Waals surface area contributed by atoms with E-state index in [1.54, 1.807) is 24.3 Å². The summed E-state index contributed by atoms with van der Waals surface area (Å²) in [7, 11) is -2.71. The van der Waals surface area contributed by atoms with Crippen molar-refractivity contribution in [3.05, 3.63) is 101 Å². The first-order valence-electron chi connectivity index (χ1n) is 12.9. The minimum Gasteiger partial charge on any atom is -0.465 e. The first kappa shape index (κ1) is 27.1. The lowest BCUT2D eigenvalue weighted by Crippen LogP contribution is -2.51. The topological polar surface area (TPSA) is 122 Å². The third-order valence-electron chi connectivity index (χ3n) is 7.23. The summed E-state index contributed by atoms with van der Waals surface area (Å²) in [6.07, 6.45) is 3.57. The number of amides is 2. The second-order valence-corrected chi connectivity index (χ2v) is 11.6. The highest BCUT2D eigenvalue weighted by Crippen LogP contribution is 2.35. The Balaban J connectivity index is 1.32. The summed E-state index contributed by atoms with van der Waals surface area (Å²) < 4.78 is 32.5. The Kier molecular flexibility index (Phi) is 7.44. The minimum atomic E-state index is -4.05. The summed E-state index contributed by atoms with van der Waals surface area (Å²) >= 11 is 0. The maximum atomic E-state index is 13.3. The predicted molar refractivity (Wildman–Crippen MR) is 148 cm³/mol. The van der Waals surface area contributed by atoms with Crippen LogP contribution in [-0.4, -0.2) is 43.7 Å². The molecule has 2 amide bonds. The van der Waals surface area contributed by atoms with Crippen molar-refractivity contribution in [1.82, 2.24) is 14.9 Å². The molecule has 206 valence electrons. The van der Waals surface area contributed by atoms with E-state index in [0.717, 1.165) is 38.5 Å². The molecule has 0 fully saturated rings. The van der Waals surface area contributed by atoms with Crippen molar-refractivity contribution < 1.29 is 27.5 Å². The van der Waals surface area contributed by atoms with E-state index in [1.807, 2.05) is 37.3 Å². The average molecular weight is 560 g/mol. The lowest BCUT2D eigenvalue weighted by atomic mass is 9.96. The van der Waals surface area contributed by atoms with Gasteiger partial charge in [-0.1, -0.05) is 54.1 Å². The average Bonchev–Trinajstić information content (AvgIpc) is 3.35. The van der Waals surface area contributed by atoms with Gasteiger partial charge in [0.05, 0.1) is 30.0 Å². The van der Waals surface area contributed by atoms with Gasteiger partial charge in [0.1, 0.15) is 6.04 Å². The van der Waals surface area contributed by atoms with Crippen molar-refractivity contribution in [2.45, 2.75) is 43.2 Å². The molecule has 0 aromatic heterocycles. The van der Waals surface area contributed by atoms with Crippen molar-refractivity contribution in [2.24, 2.45) is 0 Å². The number of aryl methyl sites for hydroxylation is 2. The van der Waals surface area contributed by atoms with Crippen LogP contribution in [0.25, 0.3) is 11.1 Å². The molecule has 10 heteroatoms. The summed E-state index contributed by atoms with van der Waals surface area (Å²) in [4.78, 5) is 38.1. The van der Waals surface area contributed by atoms with Crippen molar-refractivity contribution >= 4 is 27.8 Å². The standard InChI is InChI=1S/C30H29N3O6S/c1-19-7-11-22(12-8-19)40(37,38)33-16-15-31-29(35)27(33)18-28(34)32-26-14-10-21-17-20(9-13-24(21)26)23-5-3-4-6-25(23)30(36)39-2/h3-9,11-13,15-17,26-27H,10,14,18H2,1-2H3,(H,31,35)(H,32,34)/t26-,27-/m1/s1. The highest BCUT2D eigenvalue weighted by molar-refractivity contribution is 7.89. The van der Waals surface area contributed by atoms with Crippen LogP contribution >= 0.6 is 0 Å². The molecule has 2 N–H and O–H groups in total. The fraction of sp³-hybridized carbons (Fsp3) is 0.233. The molecule has 3 aromatic carbocycles. The van der Waals surface area contributed by atoms with Gasteiger partial charge in [-0.15, -0.1) is 0 Å². The second kappa shape index (κ2) is 11.0. The van der Waals surface area contributed by atoms with E-state index in [4.69, 9.17) is 4.74 Å². The SMILES string of the molecule is COC(=O)c1ccccc1-c1ccc2c(c1)CC[C@H]2NC(=O)C[C@@H]1C(=O)NC=CN1S(=O)(=O)c1ccc(C)cc1. The molecule has 1 aliphatic heterocycles. The number of nitrogens with zero attached hydrogens (tertiary/aromatic N) is 1. The molecular formula is C30H29N3O6S. The van der Waals surface area contributed by atoms with E-state index in [0.29, 0.717) is 12.0 Å². The Morgan fingerprint density at radius 1 is 1.07 bits per heavy atom. The van der Waals surface area contributed by atoms with Crippen molar-refractivity contribution in [3.63, 3.8) is 0 Å². The highest BCUT2D eigenvalue weighted by atomic mass is 32.2. The fourth-order valence-electron chi connectivity index (χ4n) is 5.16. The number of methoxy groups -OCH3 is 1. The zero-order valence-electron chi connectivity index (χ0n) is 22.1. The van der Waals surface area contributed by atoms with E-state index in [9.17, 15) is 22.8 Å². The van der Waals surface area contributed by atoms with Crippen molar-refractivity contribution in [1.29, 1.82) is 0 Å². The van der Waals surface area contributed by atoms with Gasteiger partial charge in [0.25, 0.3) is 10.0 Å². The number of sulfonamides is 1. The van der Waals surface area contributed by atoms with Crippen LogP contribution in [0.4, 0.5) is 0 Å². The number of carbonyl (C=O) groups is 3. The minimum absolute atomic E-state index is 0.0390. The number of rotatable bonds is 7. The highest BCUT2D eigenvalue weighted by Gasteiger charge is 2.37. The molecule has 1 heterocycles. The molecule has 9 nitrogen and oxygen atoms in total. The summed E-state index contributed by atoms with van der Waals surface area (Å²) in [5.41, 5.74) is 5.00. The van der Waals surface area contributed by atoms with E-state index in [2.05, 4.69) is 10.6 Å². The first-order chi connectivity index (χ1) is 19.2. The van der Waals surface area contributed by atoms with Gasteiger partial charge in [0.15, 0.2) is 0 Å². The fourth-order valence-corrected chi connectivity index (χ4v) is 6.61. The van der Waals surface area contributed by atoms with E-state index in [-0.39, 0.29) is 17.4 Å². The van der Waals surface area contributed by atoms with Gasteiger partial charge >= 0.3 is 5.97 Å². The zero-order chi connectivity index (χ0) is 28.4. The lowest BCUT2D eigenvalue weighted by Gasteiger charge is -2.31. The van der Waals surface area contributed by atoms with E-state index < -0.39 is 33.8 Å². The van der Waals surface area contributed by atoms with Crippen LogP contribution in [0.5, 0.6) is 0 Å². The van der Waals surface area contributed by atoms with Crippen LogP contribution in [-0.2, 0) is 30.8 Å². The maximum Gasteiger partial charge on any atom is 0.338 e. The third-order valence-corrected chi connectivity index (χ3v) is 9.03. The largest absolute Gasteiger partial charge is 0.465 e. The molecule has 2 aliphatic rings. The van der Waals surface area contributed by atoms with Crippen LogP contribution < -0.4 is 10.6 Å². The zero-order valence-corrected chi connectivity index (χ0v) is 22.9. The predicted octanol–water partition coefficient (Wildman–Crippen LogP) is 3.60. The third kappa shape index (κ3) is 5.22. The molecule has 40 heavy (non-hydrogen) atoms. The Labute approximate surface area is 232 Å². The van der Waals surface area contributed by atoms with Crippen molar-refractivity contribution in [3.8, 4) is 11.1 Å². The molecule has 5 rings (SSSR count). The van der Waals surface area contributed by atoms with E-state index in [1.165, 1.54) is 31.6 Å². The van der Waals surface area contributed by atoms with Crippen LogP contribution in [0, 0.1) is 6.92 Å². The normalized spacial score (nSPS) is 18.1. The van der Waals surface area contributed by atoms with Gasteiger partial charge < -0.3 is 15.4 Å². The number of esters is 1. The molecule has 0 radical (unpaired) electrons. The van der Waals surface area contributed by atoms with Crippen LogP contribution in [0.15, 0.2) is 84.0 Å². The Morgan fingerprint density at radius 3 is 2.58 bits per heavy atom. The molecule has 0 unspecified atom stereocenters. The molecule has 0 saturated heterocycles. The van der Waals surface area contributed by atoms with Gasteiger partial charge in [0, 0.05) is 12.4 Å². The summed E-state index contributed by atoms with van der Waals surface area (Å²) in [6.45, 7) is 1.85. The Hall–Kier alpha value is -4.44. The molecule has 3 aromatic rings. The quantitative estimate of drug-likeness (QED) is 0.427. The number of benzene rings is 3. The monoisotopic (exact) mass is 559 g/mol. The molecular weight excluding hydrogens is 530 g/mol. The Bertz CT molecular complexity index is 1610. The molecule has 0 saturated carbocycles. The maximum absolute atomic E-state index is 13.3. The summed E-state index contributed by atoms with van der Waals surface area (Å²) in [5.74, 6) is -1.42. The van der Waals surface area contributed by atoms with Crippen LogP contribution in [0.2, 0.25) is 0 Å². The molecule has 0 spiro atoms. The van der Waals surface area contributed by atoms with E-state index >= 15 is 0 Å². The molecule has 2 atom stereocenters. The molecule has 1 aliphatic carbocycles. The molecule has 0 bridgehead atoms. The van der Waals surface area contributed by atoms with Gasteiger partial charge in [-0.3, -0.25) is 13.9 Å². The first-order valence-corrected chi connectivity index (χ1v) is 14.3. The number of nitrogens with one attached hydrogen (secondary N) is 2. The van der Waals surface area contributed by atoms with Crippen LogP contribution in [0.1, 0.15) is 45.9 Å². The van der Waals surface area contributed by atoms with Crippen molar-refractivity contribution in [2.75, 3.05) is 7.11 Å². The van der Waals surface area contributed by atoms with Crippen LogP contribution in [0.3, 0.4) is 0 Å².